The summed E-state index contributed by atoms with van der Waals surface area (Å²) in [6.07, 6.45) is 4.00. The van der Waals surface area contributed by atoms with Gasteiger partial charge in [0, 0.05) is 19.2 Å². The fourth-order valence-corrected chi connectivity index (χ4v) is 1.07. The first kappa shape index (κ1) is 12.2. The first-order valence-corrected chi connectivity index (χ1v) is 4.93. The molecule has 5 N–H and O–H groups in total. The molecule has 0 fully saturated rings. The van der Waals surface area contributed by atoms with E-state index in [0.717, 1.165) is 5.69 Å². The zero-order chi connectivity index (χ0) is 11.8. The van der Waals surface area contributed by atoms with Gasteiger partial charge in [-0.3, -0.25) is 9.59 Å². The summed E-state index contributed by atoms with van der Waals surface area (Å²) in [7, 11) is 0. The molecule has 16 heavy (non-hydrogen) atoms. The van der Waals surface area contributed by atoms with Gasteiger partial charge in [0.05, 0.1) is 25.1 Å². The van der Waals surface area contributed by atoms with Gasteiger partial charge in [0.2, 0.25) is 11.8 Å². The van der Waals surface area contributed by atoms with Crippen LogP contribution in [0, 0.1) is 0 Å². The van der Waals surface area contributed by atoms with Crippen molar-refractivity contribution in [3.63, 3.8) is 0 Å². The van der Waals surface area contributed by atoms with Crippen LogP contribution in [0.1, 0.15) is 5.69 Å². The van der Waals surface area contributed by atoms with E-state index in [9.17, 15) is 9.59 Å². The summed E-state index contributed by atoms with van der Waals surface area (Å²) >= 11 is 0. The molecule has 1 rings (SSSR count). The third kappa shape index (κ3) is 4.56. The van der Waals surface area contributed by atoms with Crippen molar-refractivity contribution in [2.45, 2.75) is 6.42 Å². The van der Waals surface area contributed by atoms with Gasteiger partial charge in [-0.05, 0) is 0 Å². The van der Waals surface area contributed by atoms with Gasteiger partial charge in [-0.1, -0.05) is 0 Å². The fraction of sp³-hybridized carbons (Fsp3) is 0.444. The van der Waals surface area contributed by atoms with Crippen molar-refractivity contribution in [1.82, 2.24) is 20.6 Å². The van der Waals surface area contributed by atoms with Crippen molar-refractivity contribution in [3.05, 3.63) is 18.2 Å². The zero-order valence-corrected chi connectivity index (χ0v) is 8.82. The lowest BCUT2D eigenvalue weighted by Gasteiger charge is -2.04. The van der Waals surface area contributed by atoms with Crippen molar-refractivity contribution in [2.75, 3.05) is 19.6 Å². The minimum atomic E-state index is -0.345. The Morgan fingerprint density at radius 1 is 1.38 bits per heavy atom. The smallest absolute Gasteiger partial charge is 0.239 e. The third-order valence-electron chi connectivity index (χ3n) is 1.89. The molecule has 0 unspecified atom stereocenters. The van der Waals surface area contributed by atoms with Gasteiger partial charge in [0.25, 0.3) is 0 Å². The number of hydrogen-bond acceptors (Lipinski definition) is 4. The second-order valence-electron chi connectivity index (χ2n) is 3.14. The van der Waals surface area contributed by atoms with Gasteiger partial charge in [-0.15, -0.1) is 0 Å². The molecule has 1 heterocycles. The van der Waals surface area contributed by atoms with Crippen molar-refractivity contribution in [3.8, 4) is 0 Å². The van der Waals surface area contributed by atoms with Crippen molar-refractivity contribution in [2.24, 2.45) is 5.73 Å². The van der Waals surface area contributed by atoms with Crippen molar-refractivity contribution in [1.29, 1.82) is 0 Å². The first-order chi connectivity index (χ1) is 7.72. The fourth-order valence-electron chi connectivity index (χ4n) is 1.07. The van der Waals surface area contributed by atoms with E-state index in [1.165, 1.54) is 0 Å². The predicted octanol–water partition coefficient (Wildman–Crippen LogP) is -1.86. The predicted molar refractivity (Wildman–Crippen MR) is 57.4 cm³/mol. The Morgan fingerprint density at radius 3 is 2.81 bits per heavy atom. The summed E-state index contributed by atoms with van der Waals surface area (Å²) < 4.78 is 0. The number of nitrogens with two attached hydrogens (primary N) is 1. The number of aromatic nitrogens is 2. The molecule has 0 saturated carbocycles. The first-order valence-electron chi connectivity index (χ1n) is 4.93. The highest BCUT2D eigenvalue weighted by Crippen LogP contribution is 1.89. The standard InChI is InChI=1S/C9H15N5O2/c10-3-8(15)13-5-9(16)12-2-1-7-4-11-6-14-7/h4,6H,1-3,5,10H2,(H,11,14)(H,12,16)(H,13,15). The van der Waals surface area contributed by atoms with E-state index < -0.39 is 0 Å². The molecule has 0 saturated heterocycles. The van der Waals surface area contributed by atoms with Crippen LogP contribution in [0.2, 0.25) is 0 Å². The van der Waals surface area contributed by atoms with E-state index in [0.29, 0.717) is 13.0 Å². The van der Waals surface area contributed by atoms with Crippen LogP contribution in [-0.4, -0.2) is 41.4 Å². The Balaban J connectivity index is 2.09. The van der Waals surface area contributed by atoms with Gasteiger partial charge < -0.3 is 21.4 Å². The lowest BCUT2D eigenvalue weighted by molar-refractivity contribution is -0.125. The van der Waals surface area contributed by atoms with Crippen molar-refractivity contribution < 1.29 is 9.59 Å². The summed E-state index contributed by atoms with van der Waals surface area (Å²) in [6.45, 7) is 0.333. The molecule has 0 bridgehead atoms. The minimum absolute atomic E-state index is 0.0450. The summed E-state index contributed by atoms with van der Waals surface area (Å²) in [5.41, 5.74) is 5.95. The Bertz CT molecular complexity index is 336. The van der Waals surface area contributed by atoms with E-state index in [2.05, 4.69) is 20.6 Å². The lowest BCUT2D eigenvalue weighted by Crippen LogP contribution is -2.40. The lowest BCUT2D eigenvalue weighted by atomic mass is 10.3. The molecule has 0 aliphatic heterocycles. The van der Waals surface area contributed by atoms with Crippen LogP contribution in [0.25, 0.3) is 0 Å². The van der Waals surface area contributed by atoms with Crippen LogP contribution in [0.15, 0.2) is 12.5 Å². The highest BCUT2D eigenvalue weighted by Gasteiger charge is 2.03. The summed E-state index contributed by atoms with van der Waals surface area (Å²) in [4.78, 5) is 28.8. The second-order valence-corrected chi connectivity index (χ2v) is 3.14. The van der Waals surface area contributed by atoms with Crippen molar-refractivity contribution >= 4 is 11.8 Å². The average molecular weight is 225 g/mol. The number of amides is 2. The Morgan fingerprint density at radius 2 is 2.19 bits per heavy atom. The van der Waals surface area contributed by atoms with Crippen LogP contribution < -0.4 is 16.4 Å². The Hall–Kier alpha value is -1.89. The van der Waals surface area contributed by atoms with Crippen LogP contribution in [0.5, 0.6) is 0 Å². The molecular weight excluding hydrogens is 210 g/mol. The molecule has 1 aromatic heterocycles. The summed E-state index contributed by atoms with van der Waals surface area (Å²) in [5.74, 6) is -0.584. The van der Waals surface area contributed by atoms with Crippen LogP contribution in [0.3, 0.4) is 0 Å². The molecule has 0 aliphatic carbocycles. The number of carbonyl (C=O) groups is 2. The van der Waals surface area contributed by atoms with Crippen LogP contribution in [-0.2, 0) is 16.0 Å². The molecule has 88 valence electrons. The second kappa shape index (κ2) is 6.57. The summed E-state index contributed by atoms with van der Waals surface area (Å²) in [5, 5.41) is 5.03. The van der Waals surface area contributed by atoms with Crippen LogP contribution in [0.4, 0.5) is 0 Å². The summed E-state index contributed by atoms with van der Waals surface area (Å²) in [6, 6.07) is 0. The van der Waals surface area contributed by atoms with E-state index in [-0.39, 0.29) is 24.9 Å². The molecule has 0 aliphatic rings. The monoisotopic (exact) mass is 225 g/mol. The molecule has 0 aromatic carbocycles. The highest BCUT2D eigenvalue weighted by molar-refractivity contribution is 5.85. The normalized spacial score (nSPS) is 9.81. The van der Waals surface area contributed by atoms with Gasteiger partial charge in [0.1, 0.15) is 0 Å². The number of hydrogen-bond donors (Lipinski definition) is 4. The Kier molecular flexibility index (Phi) is 5.00. The number of nitrogens with zero attached hydrogens (tertiary/aromatic N) is 1. The topological polar surface area (TPSA) is 113 Å². The third-order valence-corrected chi connectivity index (χ3v) is 1.89. The van der Waals surface area contributed by atoms with E-state index in [1.807, 2.05) is 0 Å². The number of carbonyl (C=O) groups excluding carboxylic acids is 2. The largest absolute Gasteiger partial charge is 0.354 e. The highest BCUT2D eigenvalue weighted by atomic mass is 16.2. The SMILES string of the molecule is NCC(=O)NCC(=O)NCCc1c[nH]cn1. The van der Waals surface area contributed by atoms with Crippen LogP contribution >= 0.6 is 0 Å². The maximum Gasteiger partial charge on any atom is 0.239 e. The van der Waals surface area contributed by atoms with E-state index in [1.54, 1.807) is 12.5 Å². The molecule has 2 amide bonds. The molecule has 0 radical (unpaired) electrons. The number of nitrogens with one attached hydrogen (secondary N) is 3. The maximum absolute atomic E-state index is 11.2. The maximum atomic E-state index is 11.2. The molecule has 7 nitrogen and oxygen atoms in total. The number of aromatic amines is 1. The van der Waals surface area contributed by atoms with Gasteiger partial charge in [0.15, 0.2) is 0 Å². The Labute approximate surface area is 92.8 Å². The average Bonchev–Trinajstić information content (AvgIpc) is 2.79. The number of imidazole rings is 1. The van der Waals surface area contributed by atoms with E-state index in [4.69, 9.17) is 5.73 Å². The molecule has 1 aromatic rings. The molecule has 0 atom stereocenters. The zero-order valence-electron chi connectivity index (χ0n) is 8.82. The van der Waals surface area contributed by atoms with E-state index >= 15 is 0 Å². The number of H-pyrrole nitrogens is 1. The molecule has 0 spiro atoms. The number of rotatable bonds is 6. The molecular formula is C9H15N5O2. The quantitative estimate of drug-likeness (QED) is 0.455. The van der Waals surface area contributed by atoms with Gasteiger partial charge in [-0.25, -0.2) is 4.98 Å². The minimum Gasteiger partial charge on any atom is -0.354 e. The molecule has 7 heteroatoms. The van der Waals surface area contributed by atoms with Gasteiger partial charge in [-0.2, -0.15) is 0 Å². The van der Waals surface area contributed by atoms with Gasteiger partial charge >= 0.3 is 0 Å².